The van der Waals surface area contributed by atoms with Gasteiger partial charge in [0.2, 0.25) is 11.8 Å². The standard InChI is InChI=1S/C33H30F2N6O6/c1-39-13-20(31(44)40(2)32(39)45)29(43)36-21-9-5-7-18(28(21)35)17-6-4-8-19(27(17)34)22-12-24-26(30(37-22)46-3)23(14-47-24)41-15-33(16-41)11-10-25(42)38-33/h4-9,12-13,23H,10-11,14-16H2,1-3H3,(H,36,43)(H,38,42). The van der Waals surface area contributed by atoms with Crippen LogP contribution >= 0.6 is 0 Å². The normalized spacial score (nSPS) is 18.0. The number of likely N-dealkylation sites (tertiary alicyclic amines) is 1. The van der Waals surface area contributed by atoms with Crippen molar-refractivity contribution in [3.05, 3.63) is 92.3 Å². The van der Waals surface area contributed by atoms with Crippen LogP contribution in [0.2, 0.25) is 0 Å². The van der Waals surface area contributed by atoms with Crippen LogP contribution in [0.25, 0.3) is 22.4 Å². The maximum absolute atomic E-state index is 16.2. The van der Waals surface area contributed by atoms with Crippen LogP contribution in [0.15, 0.2) is 58.3 Å². The first-order valence-electron chi connectivity index (χ1n) is 14.9. The van der Waals surface area contributed by atoms with Gasteiger partial charge in [-0.15, -0.1) is 0 Å². The molecule has 47 heavy (non-hydrogen) atoms. The van der Waals surface area contributed by atoms with Crippen molar-refractivity contribution in [3.63, 3.8) is 0 Å². The fraction of sp³-hybridized carbons (Fsp3) is 0.303. The molecule has 1 spiro atoms. The number of pyridine rings is 1. The molecule has 2 saturated heterocycles. The van der Waals surface area contributed by atoms with Gasteiger partial charge < -0.3 is 24.7 Å². The Bertz CT molecular complexity index is 2100. The van der Waals surface area contributed by atoms with Gasteiger partial charge >= 0.3 is 5.69 Å². The number of methoxy groups -OCH3 is 1. The van der Waals surface area contributed by atoms with Gasteiger partial charge in [0.1, 0.15) is 23.7 Å². The van der Waals surface area contributed by atoms with Crippen molar-refractivity contribution >= 4 is 17.5 Å². The van der Waals surface area contributed by atoms with E-state index in [4.69, 9.17) is 9.47 Å². The van der Waals surface area contributed by atoms with E-state index >= 15 is 8.78 Å². The summed E-state index contributed by atoms with van der Waals surface area (Å²) in [5.74, 6) is -1.77. The third-order valence-electron chi connectivity index (χ3n) is 9.10. The number of hydrogen-bond acceptors (Lipinski definition) is 8. The number of benzene rings is 2. The second-order valence-corrected chi connectivity index (χ2v) is 12.1. The van der Waals surface area contributed by atoms with Crippen LogP contribution in [0.1, 0.15) is 34.8 Å². The molecule has 12 nitrogen and oxygen atoms in total. The van der Waals surface area contributed by atoms with Gasteiger partial charge in [0.05, 0.1) is 35.6 Å². The average Bonchev–Trinajstić information content (AvgIpc) is 3.65. The number of fused-ring (bicyclic) bond motifs is 1. The molecule has 0 saturated carbocycles. The summed E-state index contributed by atoms with van der Waals surface area (Å²) in [5, 5.41) is 5.44. The lowest BCUT2D eigenvalue weighted by molar-refractivity contribution is -0.121. The van der Waals surface area contributed by atoms with E-state index in [1.807, 2.05) is 0 Å². The third-order valence-corrected chi connectivity index (χ3v) is 9.10. The Labute approximate surface area is 266 Å². The van der Waals surface area contributed by atoms with Gasteiger partial charge in [-0.25, -0.2) is 18.6 Å². The van der Waals surface area contributed by atoms with Crippen molar-refractivity contribution in [2.45, 2.75) is 24.4 Å². The second-order valence-electron chi connectivity index (χ2n) is 12.1. The average molecular weight is 645 g/mol. The molecule has 3 aliphatic rings. The number of nitrogens with one attached hydrogen (secondary N) is 2. The Morgan fingerprint density at radius 2 is 1.77 bits per heavy atom. The van der Waals surface area contributed by atoms with Gasteiger partial charge in [-0.3, -0.25) is 23.9 Å². The van der Waals surface area contributed by atoms with Crippen LogP contribution in [0.3, 0.4) is 0 Å². The molecule has 0 aliphatic carbocycles. The number of nitrogens with zero attached hydrogens (tertiary/aromatic N) is 4. The fourth-order valence-corrected chi connectivity index (χ4v) is 6.66. The molecule has 2 fully saturated rings. The third kappa shape index (κ3) is 4.95. The molecule has 4 aromatic rings. The molecule has 2 aromatic carbocycles. The number of halogens is 2. The highest BCUT2D eigenvalue weighted by Crippen LogP contribution is 2.47. The highest BCUT2D eigenvalue weighted by atomic mass is 19.1. The van der Waals surface area contributed by atoms with E-state index in [0.29, 0.717) is 31.9 Å². The van der Waals surface area contributed by atoms with Gasteiger partial charge in [-0.2, -0.15) is 0 Å². The van der Waals surface area contributed by atoms with Crippen LogP contribution in [0.4, 0.5) is 14.5 Å². The number of rotatable bonds is 6. The number of carbonyl (C=O) groups is 2. The lowest BCUT2D eigenvalue weighted by Gasteiger charge is -2.50. The van der Waals surface area contributed by atoms with Crippen molar-refractivity contribution in [2.75, 3.05) is 32.1 Å². The van der Waals surface area contributed by atoms with E-state index in [1.54, 1.807) is 12.1 Å². The van der Waals surface area contributed by atoms with Crippen molar-refractivity contribution < 1.29 is 27.8 Å². The number of ether oxygens (including phenoxy) is 2. The lowest BCUT2D eigenvalue weighted by atomic mass is 9.86. The van der Waals surface area contributed by atoms with Gasteiger partial charge in [0, 0.05) is 62.6 Å². The largest absolute Gasteiger partial charge is 0.491 e. The monoisotopic (exact) mass is 644 g/mol. The summed E-state index contributed by atoms with van der Waals surface area (Å²) in [5.41, 5.74) is -1.50. The molecule has 0 bridgehead atoms. The maximum Gasteiger partial charge on any atom is 0.330 e. The van der Waals surface area contributed by atoms with Gasteiger partial charge in [0.15, 0.2) is 5.82 Å². The van der Waals surface area contributed by atoms with Gasteiger partial charge in [-0.05, 0) is 18.6 Å². The molecule has 7 rings (SSSR count). The fourth-order valence-electron chi connectivity index (χ4n) is 6.66. The predicted octanol–water partition coefficient (Wildman–Crippen LogP) is 2.75. The highest BCUT2D eigenvalue weighted by molar-refractivity contribution is 6.04. The quantitative estimate of drug-likeness (QED) is 0.327. The Hall–Kier alpha value is -5.37. The SMILES string of the molecule is COc1nc(-c2cccc(-c3cccc(NC(=O)c4cn(C)c(=O)n(C)c4=O)c3F)c2F)cc2c1C(N1CC3(CCC(=O)N3)C1)CO2. The molecule has 2 aromatic heterocycles. The first-order valence-corrected chi connectivity index (χ1v) is 14.9. The van der Waals surface area contributed by atoms with Crippen LogP contribution in [-0.2, 0) is 18.9 Å². The first kappa shape index (κ1) is 30.3. The molecule has 0 radical (unpaired) electrons. The minimum absolute atomic E-state index is 0.0608. The van der Waals surface area contributed by atoms with E-state index in [2.05, 4.69) is 20.5 Å². The van der Waals surface area contributed by atoms with Crippen LogP contribution in [0, 0.1) is 11.6 Å². The minimum Gasteiger partial charge on any atom is -0.491 e. The molecule has 242 valence electrons. The summed E-state index contributed by atoms with van der Waals surface area (Å²) < 4.78 is 45.6. The van der Waals surface area contributed by atoms with Crippen LogP contribution in [0.5, 0.6) is 11.6 Å². The number of aromatic nitrogens is 3. The van der Waals surface area contributed by atoms with Crippen molar-refractivity contribution in [3.8, 4) is 34.0 Å². The summed E-state index contributed by atoms with van der Waals surface area (Å²) in [6.45, 7) is 1.71. The molecule has 14 heteroatoms. The minimum atomic E-state index is -0.930. The van der Waals surface area contributed by atoms with E-state index in [0.717, 1.165) is 27.3 Å². The van der Waals surface area contributed by atoms with E-state index < -0.39 is 28.8 Å². The van der Waals surface area contributed by atoms with E-state index in [9.17, 15) is 19.2 Å². The molecule has 3 aliphatic heterocycles. The van der Waals surface area contributed by atoms with E-state index in [-0.39, 0.29) is 57.0 Å². The van der Waals surface area contributed by atoms with Crippen molar-refractivity contribution in [1.82, 2.24) is 24.3 Å². The Morgan fingerprint density at radius 1 is 1.06 bits per heavy atom. The smallest absolute Gasteiger partial charge is 0.330 e. The molecule has 5 heterocycles. The van der Waals surface area contributed by atoms with Crippen molar-refractivity contribution in [2.24, 2.45) is 14.1 Å². The lowest BCUT2D eigenvalue weighted by Crippen LogP contribution is -2.67. The molecular weight excluding hydrogens is 614 g/mol. The van der Waals surface area contributed by atoms with Gasteiger partial charge in [0.25, 0.3) is 11.5 Å². The summed E-state index contributed by atoms with van der Waals surface area (Å²) >= 11 is 0. The van der Waals surface area contributed by atoms with Crippen LogP contribution < -0.4 is 31.4 Å². The summed E-state index contributed by atoms with van der Waals surface area (Å²) in [6, 6.07) is 10.1. The zero-order valence-electron chi connectivity index (χ0n) is 25.7. The number of amides is 2. The van der Waals surface area contributed by atoms with E-state index in [1.165, 1.54) is 51.5 Å². The summed E-state index contributed by atoms with van der Waals surface area (Å²) in [6.07, 6.45) is 2.38. The molecular formula is C33H30F2N6O6. The summed E-state index contributed by atoms with van der Waals surface area (Å²) in [4.78, 5) is 56.1. The Balaban J connectivity index is 1.18. The molecule has 1 atom stereocenters. The zero-order valence-corrected chi connectivity index (χ0v) is 25.7. The first-order chi connectivity index (χ1) is 22.5. The number of aryl methyl sites for hydroxylation is 1. The predicted molar refractivity (Wildman–Crippen MR) is 166 cm³/mol. The topological polar surface area (TPSA) is 137 Å². The zero-order chi connectivity index (χ0) is 33.2. The van der Waals surface area contributed by atoms with Crippen molar-refractivity contribution in [1.29, 1.82) is 0 Å². The maximum atomic E-state index is 16.2. The highest BCUT2D eigenvalue weighted by Gasteiger charge is 2.51. The molecule has 2 amide bonds. The molecule has 1 unspecified atom stereocenters. The number of carbonyl (C=O) groups excluding carboxylic acids is 2. The summed E-state index contributed by atoms with van der Waals surface area (Å²) in [7, 11) is 4.08. The number of anilines is 1. The number of hydrogen-bond donors (Lipinski definition) is 2. The second kappa shape index (κ2) is 11.2. The van der Waals surface area contributed by atoms with Crippen LogP contribution in [-0.4, -0.2) is 63.2 Å². The molecule has 2 N–H and O–H groups in total. The Morgan fingerprint density at radius 3 is 2.47 bits per heavy atom. The Kier molecular flexibility index (Phi) is 7.19. The van der Waals surface area contributed by atoms with Gasteiger partial charge in [-0.1, -0.05) is 24.3 Å².